The van der Waals surface area contributed by atoms with E-state index < -0.39 is 5.60 Å². The normalized spacial score (nSPS) is 34.6. The van der Waals surface area contributed by atoms with E-state index in [-0.39, 0.29) is 35.0 Å². The van der Waals surface area contributed by atoms with Gasteiger partial charge in [0.1, 0.15) is 5.60 Å². The molecule has 3 aliphatic carbocycles. The summed E-state index contributed by atoms with van der Waals surface area (Å²) < 4.78 is 10.4. The van der Waals surface area contributed by atoms with Gasteiger partial charge in [0.25, 0.3) is 0 Å². The van der Waals surface area contributed by atoms with Crippen molar-refractivity contribution >= 4 is 18.1 Å². The van der Waals surface area contributed by atoms with Gasteiger partial charge in [-0.05, 0) is 45.4 Å². The molecule has 0 unspecified atom stereocenters. The van der Waals surface area contributed by atoms with Gasteiger partial charge in [-0.1, -0.05) is 0 Å². The fraction of sp³-hybridized carbons (Fsp3) is 0.842. The maximum absolute atomic E-state index is 12.8. The quantitative estimate of drug-likeness (QED) is 0.697. The summed E-state index contributed by atoms with van der Waals surface area (Å²) in [6.45, 7) is 8.44. The van der Waals surface area contributed by atoms with Crippen LogP contribution in [0.1, 0.15) is 40.0 Å². The molecule has 0 aromatic rings. The van der Waals surface area contributed by atoms with Crippen LogP contribution in [0.25, 0.3) is 0 Å². The monoisotopic (exact) mass is 379 g/mol. The zero-order valence-electron chi connectivity index (χ0n) is 16.6. The van der Waals surface area contributed by atoms with Crippen molar-refractivity contribution in [2.45, 2.75) is 51.7 Å². The summed E-state index contributed by atoms with van der Waals surface area (Å²) in [6.07, 6.45) is 2.16. The minimum absolute atomic E-state index is 0.0145. The van der Waals surface area contributed by atoms with E-state index in [4.69, 9.17) is 9.47 Å². The summed E-state index contributed by atoms with van der Waals surface area (Å²) in [5, 5.41) is 0. The zero-order valence-corrected chi connectivity index (χ0v) is 16.6. The third kappa shape index (κ3) is 2.93. The van der Waals surface area contributed by atoms with Crippen molar-refractivity contribution in [3.63, 3.8) is 0 Å². The Balaban J connectivity index is 1.33. The lowest BCUT2D eigenvalue weighted by Gasteiger charge is -2.69. The maximum atomic E-state index is 12.8. The van der Waals surface area contributed by atoms with Crippen LogP contribution in [0, 0.1) is 10.8 Å². The number of nitrogens with zero attached hydrogens (tertiary/aromatic N) is 3. The average Bonchev–Trinajstić information content (AvgIpc) is 2.82. The van der Waals surface area contributed by atoms with Crippen molar-refractivity contribution in [3.05, 3.63) is 0 Å². The first-order valence-electron chi connectivity index (χ1n) is 9.68. The molecule has 2 saturated heterocycles. The second-order valence-electron chi connectivity index (χ2n) is 9.74. The van der Waals surface area contributed by atoms with Crippen molar-refractivity contribution in [3.8, 4) is 0 Å². The number of hydrogen-bond donors (Lipinski definition) is 0. The second kappa shape index (κ2) is 5.75. The summed E-state index contributed by atoms with van der Waals surface area (Å²) >= 11 is 0. The van der Waals surface area contributed by atoms with Gasteiger partial charge in [0.05, 0.1) is 18.6 Å². The smallest absolute Gasteiger partial charge is 0.410 e. The molecule has 5 fully saturated rings. The van der Waals surface area contributed by atoms with Crippen molar-refractivity contribution in [1.29, 1.82) is 0 Å². The Bertz CT molecular complexity index is 666. The van der Waals surface area contributed by atoms with Crippen molar-refractivity contribution < 1.29 is 23.9 Å². The molecular formula is C19H29N3O5. The molecule has 0 radical (unpaired) electrons. The van der Waals surface area contributed by atoms with E-state index in [9.17, 15) is 14.4 Å². The number of carbonyl (C=O) groups excluding carboxylic acids is 3. The Morgan fingerprint density at radius 3 is 2.41 bits per heavy atom. The Kier molecular flexibility index (Phi) is 3.92. The van der Waals surface area contributed by atoms with Crippen LogP contribution in [0.3, 0.4) is 0 Å². The number of urea groups is 1. The number of rotatable bonds is 3. The number of hydrogen-bond acceptors (Lipinski definition) is 5. The molecule has 2 aliphatic heterocycles. The van der Waals surface area contributed by atoms with Crippen LogP contribution in [-0.2, 0) is 14.3 Å². The highest BCUT2D eigenvalue weighted by Gasteiger charge is 2.72. The van der Waals surface area contributed by atoms with Crippen molar-refractivity contribution in [1.82, 2.24) is 14.7 Å². The molecule has 0 spiro atoms. The average molecular weight is 379 g/mol. The van der Waals surface area contributed by atoms with Crippen LogP contribution >= 0.6 is 0 Å². The molecule has 0 N–H and O–H groups in total. The highest BCUT2D eigenvalue weighted by molar-refractivity contribution is 5.82. The van der Waals surface area contributed by atoms with Crippen LogP contribution < -0.4 is 0 Å². The third-order valence-electron chi connectivity index (χ3n) is 6.37. The van der Waals surface area contributed by atoms with Gasteiger partial charge >= 0.3 is 18.1 Å². The highest BCUT2D eigenvalue weighted by Crippen LogP contribution is 2.73. The lowest BCUT2D eigenvalue weighted by molar-refractivity contribution is -0.228. The Morgan fingerprint density at radius 1 is 1.15 bits per heavy atom. The summed E-state index contributed by atoms with van der Waals surface area (Å²) in [4.78, 5) is 42.4. The summed E-state index contributed by atoms with van der Waals surface area (Å²) in [5.74, 6) is -0.109. The summed E-state index contributed by atoms with van der Waals surface area (Å²) in [5.41, 5.74) is -0.715. The van der Waals surface area contributed by atoms with E-state index >= 15 is 0 Å². The largest absolute Gasteiger partial charge is 0.469 e. The first-order valence-corrected chi connectivity index (χ1v) is 9.68. The number of amides is 3. The third-order valence-corrected chi connectivity index (χ3v) is 6.37. The molecule has 2 heterocycles. The van der Waals surface area contributed by atoms with Crippen molar-refractivity contribution in [2.24, 2.45) is 10.8 Å². The highest BCUT2D eigenvalue weighted by atomic mass is 16.6. The molecule has 150 valence electrons. The Hall–Kier alpha value is -1.99. The maximum Gasteiger partial charge on any atom is 0.410 e. The molecule has 3 saturated carbocycles. The van der Waals surface area contributed by atoms with E-state index in [0.717, 1.165) is 19.3 Å². The molecule has 8 heteroatoms. The van der Waals surface area contributed by atoms with Crippen LogP contribution in [0.15, 0.2) is 0 Å². The number of piperazine rings is 1. The first kappa shape index (κ1) is 18.4. The van der Waals surface area contributed by atoms with E-state index in [0.29, 0.717) is 32.7 Å². The van der Waals surface area contributed by atoms with Gasteiger partial charge in [-0.2, -0.15) is 0 Å². The lowest BCUT2D eigenvalue weighted by Crippen LogP contribution is -2.69. The standard InChI is InChI=1S/C19H29N3O5/c1-17(2,3)27-16(25)20-5-6-22-13(7-20)8-21(15(22)24)12-18-9-19(10-18,11-18)14(23)26-4/h13H,5-12H2,1-4H3/t13-,18?,19?/m0/s1. The first-order chi connectivity index (χ1) is 12.6. The molecule has 8 nitrogen and oxygen atoms in total. The van der Waals surface area contributed by atoms with Gasteiger partial charge in [-0.3, -0.25) is 4.79 Å². The minimum atomic E-state index is -0.522. The van der Waals surface area contributed by atoms with Gasteiger partial charge in [0.2, 0.25) is 0 Å². The molecule has 3 amide bonds. The Labute approximate surface area is 159 Å². The van der Waals surface area contributed by atoms with Gasteiger partial charge < -0.3 is 24.2 Å². The van der Waals surface area contributed by atoms with Gasteiger partial charge in [0, 0.05) is 32.7 Å². The number of ether oxygens (including phenoxy) is 2. The number of fused-ring (bicyclic) bond motifs is 1. The number of esters is 1. The van der Waals surface area contributed by atoms with Crippen molar-refractivity contribution in [2.75, 3.05) is 39.8 Å². The molecule has 0 aromatic heterocycles. The summed E-state index contributed by atoms with van der Waals surface area (Å²) in [7, 11) is 1.44. The van der Waals surface area contributed by atoms with Gasteiger partial charge in [-0.25, -0.2) is 9.59 Å². The van der Waals surface area contributed by atoms with Crippen LogP contribution in [0.2, 0.25) is 0 Å². The molecular weight excluding hydrogens is 350 g/mol. The van der Waals surface area contributed by atoms with Crippen LogP contribution in [0.4, 0.5) is 9.59 Å². The fourth-order valence-electron chi connectivity index (χ4n) is 5.41. The summed E-state index contributed by atoms with van der Waals surface area (Å²) in [6, 6.07) is 0.0707. The van der Waals surface area contributed by atoms with Crippen LogP contribution in [-0.4, -0.2) is 84.3 Å². The lowest BCUT2D eigenvalue weighted by atomic mass is 9.35. The minimum Gasteiger partial charge on any atom is -0.469 e. The van der Waals surface area contributed by atoms with E-state index in [1.807, 2.05) is 30.6 Å². The fourth-order valence-corrected chi connectivity index (χ4v) is 5.41. The molecule has 27 heavy (non-hydrogen) atoms. The second-order valence-corrected chi connectivity index (χ2v) is 9.74. The van der Waals surface area contributed by atoms with E-state index in [2.05, 4.69) is 0 Å². The molecule has 1 atom stereocenters. The number of methoxy groups -OCH3 is 1. The molecule has 5 aliphatic rings. The molecule has 2 bridgehead atoms. The predicted molar refractivity (Wildman–Crippen MR) is 96.0 cm³/mol. The number of carbonyl (C=O) groups is 3. The van der Waals surface area contributed by atoms with Crippen LogP contribution in [0.5, 0.6) is 0 Å². The SMILES string of the molecule is COC(=O)C12CC(CN3C[C@@H]4CN(C(=O)OC(C)(C)C)CCN4C3=O)(C1)C2. The van der Waals surface area contributed by atoms with Gasteiger partial charge in [0.15, 0.2) is 0 Å². The topological polar surface area (TPSA) is 79.4 Å². The van der Waals surface area contributed by atoms with Gasteiger partial charge in [-0.15, -0.1) is 0 Å². The molecule has 0 aromatic carbocycles. The predicted octanol–water partition coefficient (Wildman–Crippen LogP) is 1.69. The molecule has 5 rings (SSSR count). The Morgan fingerprint density at radius 2 is 1.81 bits per heavy atom. The van der Waals surface area contributed by atoms with E-state index in [1.54, 1.807) is 4.90 Å². The van der Waals surface area contributed by atoms with E-state index in [1.165, 1.54) is 7.11 Å². The zero-order chi connectivity index (χ0) is 19.6.